The van der Waals surface area contributed by atoms with Gasteiger partial charge in [0.15, 0.2) is 17.4 Å². The first-order valence-corrected chi connectivity index (χ1v) is 9.84. The molecule has 1 aliphatic heterocycles. The van der Waals surface area contributed by atoms with Crippen molar-refractivity contribution >= 4 is 16.7 Å². The molecule has 0 bridgehead atoms. The van der Waals surface area contributed by atoms with Crippen LogP contribution >= 0.6 is 0 Å². The molecule has 0 aliphatic carbocycles. The second-order valence-electron chi connectivity index (χ2n) is 7.35. The number of nitrogens with zero attached hydrogens (tertiary/aromatic N) is 1. The number of benzene rings is 3. The number of hydrogen-bond donors (Lipinski definition) is 0. The molecule has 5 nitrogen and oxygen atoms in total. The molecule has 2 heterocycles. The van der Waals surface area contributed by atoms with E-state index in [4.69, 9.17) is 14.0 Å². The van der Waals surface area contributed by atoms with E-state index in [1.54, 1.807) is 7.11 Å². The Morgan fingerprint density at radius 3 is 2.23 bits per heavy atom. The standard InChI is InChI=1S/C25H21NO4/c1-16-15-21(27)29-24-19(16)13-14-20-25(24)30-23(18-11-7-4-8-12-18)22(26(20)28-2)17-9-5-3-6-10-17/h3-15,22-23H,1-2H3. The smallest absolute Gasteiger partial charge is 0.336 e. The van der Waals surface area contributed by atoms with Crippen LogP contribution in [0.4, 0.5) is 5.69 Å². The van der Waals surface area contributed by atoms with Crippen molar-refractivity contribution in [1.82, 2.24) is 0 Å². The first kappa shape index (κ1) is 18.5. The minimum absolute atomic E-state index is 0.222. The average molecular weight is 399 g/mol. The topological polar surface area (TPSA) is 51.9 Å². The van der Waals surface area contributed by atoms with Crippen molar-refractivity contribution in [2.45, 2.75) is 19.1 Å². The maximum absolute atomic E-state index is 12.1. The number of fused-ring (bicyclic) bond motifs is 3. The summed E-state index contributed by atoms with van der Waals surface area (Å²) in [7, 11) is 1.64. The summed E-state index contributed by atoms with van der Waals surface area (Å²) in [6.45, 7) is 1.89. The predicted molar refractivity (Wildman–Crippen MR) is 116 cm³/mol. The summed E-state index contributed by atoms with van der Waals surface area (Å²) < 4.78 is 12.2. The number of rotatable bonds is 3. The Labute approximate surface area is 174 Å². The van der Waals surface area contributed by atoms with Crippen LogP contribution < -0.4 is 15.4 Å². The van der Waals surface area contributed by atoms with E-state index in [-0.39, 0.29) is 12.1 Å². The van der Waals surface area contributed by atoms with Gasteiger partial charge in [0.2, 0.25) is 0 Å². The molecule has 3 aromatic carbocycles. The minimum Gasteiger partial charge on any atom is -0.477 e. The van der Waals surface area contributed by atoms with E-state index in [2.05, 4.69) is 12.1 Å². The summed E-state index contributed by atoms with van der Waals surface area (Å²) in [4.78, 5) is 18.0. The Morgan fingerprint density at radius 2 is 1.57 bits per heavy atom. The van der Waals surface area contributed by atoms with E-state index in [1.165, 1.54) is 6.07 Å². The quantitative estimate of drug-likeness (QED) is 0.435. The van der Waals surface area contributed by atoms with Gasteiger partial charge in [-0.2, -0.15) is 0 Å². The fraction of sp³-hybridized carbons (Fsp3) is 0.160. The Bertz CT molecular complexity index is 1250. The molecule has 2 unspecified atom stereocenters. The van der Waals surface area contributed by atoms with Crippen LogP contribution in [0.2, 0.25) is 0 Å². The molecular formula is C25H21NO4. The van der Waals surface area contributed by atoms with Crippen LogP contribution in [0.5, 0.6) is 5.75 Å². The van der Waals surface area contributed by atoms with Gasteiger partial charge in [0.25, 0.3) is 0 Å². The van der Waals surface area contributed by atoms with Crippen LogP contribution in [0.3, 0.4) is 0 Å². The van der Waals surface area contributed by atoms with Crippen molar-refractivity contribution in [3.8, 4) is 5.75 Å². The molecule has 1 aromatic heterocycles. The summed E-state index contributed by atoms with van der Waals surface area (Å²) in [5, 5.41) is 2.68. The number of aryl methyl sites for hydroxylation is 1. The molecular weight excluding hydrogens is 378 g/mol. The Balaban J connectivity index is 1.78. The lowest BCUT2D eigenvalue weighted by molar-refractivity contribution is 0.0546. The normalized spacial score (nSPS) is 18.1. The Kier molecular flexibility index (Phi) is 4.52. The highest BCUT2D eigenvalue weighted by atomic mass is 16.7. The second kappa shape index (κ2) is 7.35. The lowest BCUT2D eigenvalue weighted by Crippen LogP contribution is -2.38. The maximum atomic E-state index is 12.1. The van der Waals surface area contributed by atoms with E-state index in [0.717, 1.165) is 27.8 Å². The molecule has 2 atom stereocenters. The van der Waals surface area contributed by atoms with Gasteiger partial charge >= 0.3 is 5.63 Å². The molecule has 5 rings (SSSR count). The predicted octanol–water partition coefficient (Wildman–Crippen LogP) is 5.34. The zero-order chi connectivity index (χ0) is 20.7. The summed E-state index contributed by atoms with van der Waals surface area (Å²) in [6, 6.07) is 25.3. The molecule has 4 aromatic rings. The maximum Gasteiger partial charge on any atom is 0.336 e. The van der Waals surface area contributed by atoms with E-state index >= 15 is 0 Å². The first-order valence-electron chi connectivity index (χ1n) is 9.84. The van der Waals surface area contributed by atoms with Gasteiger partial charge in [0, 0.05) is 11.5 Å². The first-order chi connectivity index (χ1) is 14.7. The highest BCUT2D eigenvalue weighted by molar-refractivity contribution is 5.91. The van der Waals surface area contributed by atoms with Gasteiger partial charge in [-0.3, -0.25) is 4.84 Å². The molecule has 0 saturated carbocycles. The van der Waals surface area contributed by atoms with E-state index in [0.29, 0.717) is 11.3 Å². The van der Waals surface area contributed by atoms with Crippen LogP contribution in [0.25, 0.3) is 11.0 Å². The molecule has 0 amide bonds. The Morgan fingerprint density at radius 1 is 0.900 bits per heavy atom. The lowest BCUT2D eigenvalue weighted by atomic mass is 9.93. The van der Waals surface area contributed by atoms with Crippen LogP contribution in [-0.4, -0.2) is 7.11 Å². The van der Waals surface area contributed by atoms with Crippen LogP contribution in [0.1, 0.15) is 28.8 Å². The summed E-state index contributed by atoms with van der Waals surface area (Å²) in [6.07, 6.45) is -0.363. The third kappa shape index (κ3) is 2.95. The van der Waals surface area contributed by atoms with Gasteiger partial charge < -0.3 is 9.15 Å². The van der Waals surface area contributed by atoms with E-state index < -0.39 is 5.63 Å². The van der Waals surface area contributed by atoms with Crippen molar-refractivity contribution in [2.75, 3.05) is 12.2 Å². The molecule has 0 saturated heterocycles. The molecule has 0 radical (unpaired) electrons. The summed E-state index contributed by atoms with van der Waals surface area (Å²) in [5.74, 6) is 0.510. The van der Waals surface area contributed by atoms with Crippen molar-refractivity contribution in [3.05, 3.63) is 106 Å². The molecule has 0 spiro atoms. The van der Waals surface area contributed by atoms with Gasteiger partial charge in [0.05, 0.1) is 7.11 Å². The third-order valence-corrected chi connectivity index (χ3v) is 5.54. The molecule has 1 aliphatic rings. The van der Waals surface area contributed by atoms with Crippen molar-refractivity contribution in [3.63, 3.8) is 0 Å². The zero-order valence-electron chi connectivity index (χ0n) is 16.7. The van der Waals surface area contributed by atoms with Gasteiger partial charge in [-0.1, -0.05) is 60.7 Å². The van der Waals surface area contributed by atoms with Crippen molar-refractivity contribution < 1.29 is 14.0 Å². The number of anilines is 1. The zero-order valence-corrected chi connectivity index (χ0v) is 16.7. The lowest BCUT2D eigenvalue weighted by Gasteiger charge is -2.42. The molecule has 30 heavy (non-hydrogen) atoms. The van der Waals surface area contributed by atoms with Gasteiger partial charge in [-0.05, 0) is 35.7 Å². The number of hydroxylamine groups is 1. The molecule has 5 heteroatoms. The SMILES string of the molecule is CON1c2ccc3c(C)cc(=O)oc3c2OC(c2ccccc2)C1c1ccccc1. The summed E-state index contributed by atoms with van der Waals surface area (Å²) >= 11 is 0. The molecule has 150 valence electrons. The monoisotopic (exact) mass is 399 g/mol. The van der Waals surface area contributed by atoms with Gasteiger partial charge in [-0.15, -0.1) is 0 Å². The van der Waals surface area contributed by atoms with Gasteiger partial charge in [-0.25, -0.2) is 9.86 Å². The van der Waals surface area contributed by atoms with Gasteiger partial charge in [0.1, 0.15) is 11.7 Å². The summed E-state index contributed by atoms with van der Waals surface area (Å²) in [5.41, 5.74) is 3.67. The van der Waals surface area contributed by atoms with E-state index in [9.17, 15) is 4.79 Å². The average Bonchev–Trinajstić information content (AvgIpc) is 2.78. The molecule has 0 N–H and O–H groups in total. The van der Waals surface area contributed by atoms with Crippen LogP contribution in [0.15, 0.2) is 88.1 Å². The third-order valence-electron chi connectivity index (χ3n) is 5.54. The van der Waals surface area contributed by atoms with Crippen LogP contribution in [-0.2, 0) is 4.84 Å². The minimum atomic E-state index is -0.401. The fourth-order valence-electron chi connectivity index (χ4n) is 4.17. The van der Waals surface area contributed by atoms with Crippen molar-refractivity contribution in [1.29, 1.82) is 0 Å². The largest absolute Gasteiger partial charge is 0.477 e. The fourth-order valence-corrected chi connectivity index (χ4v) is 4.17. The highest BCUT2D eigenvalue weighted by Crippen LogP contribution is 2.50. The molecule has 0 fully saturated rings. The van der Waals surface area contributed by atoms with Crippen molar-refractivity contribution in [2.24, 2.45) is 0 Å². The van der Waals surface area contributed by atoms with Crippen LogP contribution in [0, 0.1) is 6.92 Å². The number of ether oxygens (including phenoxy) is 1. The van der Waals surface area contributed by atoms with E-state index in [1.807, 2.05) is 72.7 Å². The second-order valence-corrected chi connectivity index (χ2v) is 7.35. The highest BCUT2D eigenvalue weighted by Gasteiger charge is 2.40. The Hall–Kier alpha value is -3.57. The number of hydrogen-bond acceptors (Lipinski definition) is 5.